The standard InChI is InChI=1S/C12H12ClF3N4S/c1-3-7-5-17-10(21-7)6(2)18-9-4-8(13)19-11(20-9)12(14,15)16/h4-6H,3H2,1-2H3,(H,18,19,20). The van der Waals surface area contributed by atoms with E-state index in [0.717, 1.165) is 16.3 Å². The molecule has 1 N–H and O–H groups in total. The van der Waals surface area contributed by atoms with E-state index in [1.807, 2.05) is 6.92 Å². The van der Waals surface area contributed by atoms with Gasteiger partial charge in [-0.2, -0.15) is 13.2 Å². The van der Waals surface area contributed by atoms with Gasteiger partial charge in [-0.1, -0.05) is 18.5 Å². The minimum absolute atomic E-state index is 0.0167. The zero-order valence-corrected chi connectivity index (χ0v) is 12.8. The second-order valence-corrected chi connectivity index (χ2v) is 5.82. The Hall–Kier alpha value is -1.41. The zero-order valence-electron chi connectivity index (χ0n) is 11.2. The number of nitrogens with zero attached hydrogens (tertiary/aromatic N) is 3. The van der Waals surface area contributed by atoms with Gasteiger partial charge in [-0.3, -0.25) is 0 Å². The molecule has 0 aliphatic heterocycles. The Morgan fingerprint density at radius 3 is 2.67 bits per heavy atom. The molecule has 1 atom stereocenters. The molecule has 0 aliphatic carbocycles. The quantitative estimate of drug-likeness (QED) is 0.844. The number of aromatic nitrogens is 3. The highest BCUT2D eigenvalue weighted by Gasteiger charge is 2.35. The number of hydrogen-bond donors (Lipinski definition) is 1. The Bertz CT molecular complexity index is 629. The molecule has 0 aromatic carbocycles. The van der Waals surface area contributed by atoms with Crippen molar-refractivity contribution in [1.82, 2.24) is 15.0 Å². The fourth-order valence-electron chi connectivity index (χ4n) is 1.59. The fraction of sp³-hybridized carbons (Fsp3) is 0.417. The minimum atomic E-state index is -4.64. The summed E-state index contributed by atoms with van der Waals surface area (Å²) in [6.07, 6.45) is -2.02. The molecule has 0 bridgehead atoms. The zero-order chi connectivity index (χ0) is 15.6. The number of thiazole rings is 1. The van der Waals surface area contributed by atoms with Crippen LogP contribution in [0.2, 0.25) is 5.15 Å². The lowest BCUT2D eigenvalue weighted by molar-refractivity contribution is -0.144. The number of alkyl halides is 3. The van der Waals surface area contributed by atoms with Gasteiger partial charge in [-0.25, -0.2) is 15.0 Å². The molecule has 4 nitrogen and oxygen atoms in total. The molecule has 114 valence electrons. The van der Waals surface area contributed by atoms with Crippen LogP contribution in [0.1, 0.15) is 35.6 Å². The molecule has 21 heavy (non-hydrogen) atoms. The number of hydrogen-bond acceptors (Lipinski definition) is 5. The smallest absolute Gasteiger partial charge is 0.361 e. The first-order valence-electron chi connectivity index (χ1n) is 6.12. The molecule has 1 unspecified atom stereocenters. The average molecular weight is 337 g/mol. The van der Waals surface area contributed by atoms with Crippen LogP contribution >= 0.6 is 22.9 Å². The molecule has 9 heteroatoms. The van der Waals surface area contributed by atoms with Crippen molar-refractivity contribution in [2.75, 3.05) is 5.32 Å². The van der Waals surface area contributed by atoms with E-state index in [0.29, 0.717) is 0 Å². The first kappa shape index (κ1) is 16.0. The van der Waals surface area contributed by atoms with Gasteiger partial charge in [-0.05, 0) is 13.3 Å². The van der Waals surface area contributed by atoms with Crippen LogP contribution in [0.3, 0.4) is 0 Å². The summed E-state index contributed by atoms with van der Waals surface area (Å²) < 4.78 is 37.9. The fourth-order valence-corrected chi connectivity index (χ4v) is 2.63. The number of aryl methyl sites for hydroxylation is 1. The molecule has 2 heterocycles. The van der Waals surface area contributed by atoms with Crippen LogP contribution in [0.4, 0.5) is 19.0 Å². The van der Waals surface area contributed by atoms with E-state index in [2.05, 4.69) is 20.3 Å². The maximum atomic E-state index is 12.6. The van der Waals surface area contributed by atoms with Gasteiger partial charge in [0, 0.05) is 17.1 Å². The van der Waals surface area contributed by atoms with Gasteiger partial charge >= 0.3 is 6.18 Å². The van der Waals surface area contributed by atoms with Crippen molar-refractivity contribution in [2.45, 2.75) is 32.5 Å². The van der Waals surface area contributed by atoms with Crippen molar-refractivity contribution in [3.8, 4) is 0 Å². The van der Waals surface area contributed by atoms with E-state index in [9.17, 15) is 13.2 Å². The summed E-state index contributed by atoms with van der Waals surface area (Å²) >= 11 is 7.11. The second kappa shape index (κ2) is 6.15. The third-order valence-electron chi connectivity index (χ3n) is 2.60. The van der Waals surface area contributed by atoms with Crippen molar-refractivity contribution < 1.29 is 13.2 Å². The molecule has 2 aromatic rings. The third-order valence-corrected chi connectivity index (χ3v) is 4.12. The molecule has 0 amide bonds. The molecule has 2 rings (SSSR count). The molecule has 0 aliphatic rings. The van der Waals surface area contributed by atoms with Crippen LogP contribution in [0, 0.1) is 0 Å². The van der Waals surface area contributed by atoms with Crippen molar-refractivity contribution in [3.05, 3.63) is 33.1 Å². The molecule has 0 spiro atoms. The van der Waals surface area contributed by atoms with Gasteiger partial charge in [-0.15, -0.1) is 11.3 Å². The summed E-state index contributed by atoms with van der Waals surface area (Å²) in [4.78, 5) is 12.0. The van der Waals surface area contributed by atoms with Crippen LogP contribution in [-0.2, 0) is 12.6 Å². The first-order chi connectivity index (χ1) is 9.79. The van der Waals surface area contributed by atoms with Gasteiger partial charge in [0.1, 0.15) is 16.0 Å². The summed E-state index contributed by atoms with van der Waals surface area (Å²) in [7, 11) is 0. The van der Waals surface area contributed by atoms with Crippen molar-refractivity contribution in [1.29, 1.82) is 0 Å². The maximum absolute atomic E-state index is 12.6. The van der Waals surface area contributed by atoms with Gasteiger partial charge in [0.05, 0.1) is 6.04 Å². The van der Waals surface area contributed by atoms with E-state index in [-0.39, 0.29) is 17.0 Å². The highest BCUT2D eigenvalue weighted by atomic mass is 35.5. The van der Waals surface area contributed by atoms with Crippen LogP contribution < -0.4 is 5.32 Å². The molecule has 0 saturated heterocycles. The maximum Gasteiger partial charge on any atom is 0.451 e. The van der Waals surface area contributed by atoms with Crippen molar-refractivity contribution in [3.63, 3.8) is 0 Å². The topological polar surface area (TPSA) is 50.7 Å². The monoisotopic (exact) mass is 336 g/mol. The lowest BCUT2D eigenvalue weighted by atomic mass is 10.3. The van der Waals surface area contributed by atoms with Crippen LogP contribution in [0.25, 0.3) is 0 Å². The largest absolute Gasteiger partial charge is 0.451 e. The second-order valence-electron chi connectivity index (χ2n) is 4.28. The first-order valence-corrected chi connectivity index (χ1v) is 7.32. The van der Waals surface area contributed by atoms with E-state index < -0.39 is 12.0 Å². The van der Waals surface area contributed by atoms with Crippen LogP contribution in [-0.4, -0.2) is 15.0 Å². The minimum Gasteiger partial charge on any atom is -0.361 e. The molecular formula is C12H12ClF3N4S. The Morgan fingerprint density at radius 2 is 2.10 bits per heavy atom. The SMILES string of the molecule is CCc1cnc(C(C)Nc2cc(Cl)nc(C(F)(F)F)n2)s1. The lowest BCUT2D eigenvalue weighted by Crippen LogP contribution is -2.14. The number of anilines is 1. The lowest BCUT2D eigenvalue weighted by Gasteiger charge is -2.13. The van der Waals surface area contributed by atoms with Gasteiger partial charge in [0.25, 0.3) is 0 Å². The number of halogens is 4. The predicted molar refractivity (Wildman–Crippen MR) is 75.6 cm³/mol. The number of rotatable bonds is 4. The van der Waals surface area contributed by atoms with E-state index in [1.165, 1.54) is 17.4 Å². The Morgan fingerprint density at radius 1 is 1.38 bits per heavy atom. The van der Waals surface area contributed by atoms with Gasteiger partial charge in [0.2, 0.25) is 5.82 Å². The van der Waals surface area contributed by atoms with Gasteiger partial charge in [0.15, 0.2) is 0 Å². The van der Waals surface area contributed by atoms with Crippen LogP contribution in [0.5, 0.6) is 0 Å². The summed E-state index contributed by atoms with van der Waals surface area (Å²) in [6.45, 7) is 3.80. The molecule has 0 saturated carbocycles. The van der Waals surface area contributed by atoms with Crippen molar-refractivity contribution in [2.24, 2.45) is 0 Å². The molecule has 2 aromatic heterocycles. The van der Waals surface area contributed by atoms with Crippen molar-refractivity contribution >= 4 is 28.8 Å². The number of nitrogens with one attached hydrogen (secondary N) is 1. The van der Waals surface area contributed by atoms with E-state index in [4.69, 9.17) is 11.6 Å². The average Bonchev–Trinajstić information content (AvgIpc) is 2.85. The summed E-state index contributed by atoms with van der Waals surface area (Å²) in [5, 5.41) is 3.37. The highest BCUT2D eigenvalue weighted by Crippen LogP contribution is 2.29. The van der Waals surface area contributed by atoms with Crippen LogP contribution in [0.15, 0.2) is 12.3 Å². The third kappa shape index (κ3) is 4.04. The van der Waals surface area contributed by atoms with Gasteiger partial charge < -0.3 is 5.32 Å². The predicted octanol–water partition coefficient (Wildman–Crippen LogP) is 4.34. The summed E-state index contributed by atoms with van der Waals surface area (Å²) in [6, 6.07) is 0.976. The Labute approximate surface area is 128 Å². The summed E-state index contributed by atoms with van der Waals surface area (Å²) in [5.74, 6) is -1.25. The molecule has 0 radical (unpaired) electrons. The molecule has 0 fully saturated rings. The Balaban J connectivity index is 2.20. The molecular weight excluding hydrogens is 325 g/mol. The Kier molecular flexibility index (Phi) is 4.67. The normalized spacial score (nSPS) is 13.2. The van der Waals surface area contributed by atoms with E-state index in [1.54, 1.807) is 13.1 Å². The van der Waals surface area contributed by atoms with E-state index >= 15 is 0 Å². The highest BCUT2D eigenvalue weighted by molar-refractivity contribution is 7.11. The summed E-state index contributed by atoms with van der Waals surface area (Å²) in [5.41, 5.74) is 0.